The second-order valence-corrected chi connectivity index (χ2v) is 4.32. The van der Waals surface area contributed by atoms with Crippen molar-refractivity contribution < 1.29 is 23.9 Å². The van der Waals surface area contributed by atoms with Gasteiger partial charge in [-0.15, -0.1) is 0 Å². The third kappa shape index (κ3) is 3.55. The Morgan fingerprint density at radius 3 is 1.83 bits per heavy atom. The number of hydrogen-bond acceptors (Lipinski definition) is 5. The first kappa shape index (κ1) is 14.7. The lowest BCUT2D eigenvalue weighted by atomic mass is 9.91. The predicted octanol–water partition coefficient (Wildman–Crippen LogP) is 1.49. The van der Waals surface area contributed by atoms with Crippen LogP contribution in [0.2, 0.25) is 0 Å². The predicted molar refractivity (Wildman–Crippen MR) is 63.7 cm³/mol. The van der Waals surface area contributed by atoms with Gasteiger partial charge < -0.3 is 9.47 Å². The Bertz CT molecular complexity index is 299. The van der Waals surface area contributed by atoms with Crippen LogP contribution in [0.1, 0.15) is 39.5 Å². The smallest absolute Gasteiger partial charge is 0.328 e. The minimum Gasteiger partial charge on any atom is -0.465 e. The molecule has 1 rings (SSSR count). The van der Waals surface area contributed by atoms with E-state index in [1.165, 1.54) is 0 Å². The number of esters is 2. The highest BCUT2D eigenvalue weighted by molar-refractivity contribution is 6.15. The van der Waals surface area contributed by atoms with Crippen molar-refractivity contribution >= 4 is 17.7 Å². The van der Waals surface area contributed by atoms with Gasteiger partial charge in [0.2, 0.25) is 5.92 Å². The van der Waals surface area contributed by atoms with E-state index in [9.17, 15) is 14.4 Å². The van der Waals surface area contributed by atoms with E-state index < -0.39 is 17.9 Å². The van der Waals surface area contributed by atoms with Gasteiger partial charge in [0.05, 0.1) is 13.2 Å². The molecule has 0 N–H and O–H groups in total. The summed E-state index contributed by atoms with van der Waals surface area (Å²) in [5, 5.41) is 0. The van der Waals surface area contributed by atoms with Crippen LogP contribution >= 0.6 is 0 Å². The van der Waals surface area contributed by atoms with Crippen LogP contribution < -0.4 is 0 Å². The summed E-state index contributed by atoms with van der Waals surface area (Å²) in [4.78, 5) is 35.6. The van der Waals surface area contributed by atoms with Gasteiger partial charge in [-0.25, -0.2) is 0 Å². The number of rotatable bonds is 6. The molecule has 0 radical (unpaired) electrons. The molecule has 0 atom stereocenters. The molecular formula is C13H20O5. The molecule has 18 heavy (non-hydrogen) atoms. The summed E-state index contributed by atoms with van der Waals surface area (Å²) in [7, 11) is 0. The highest BCUT2D eigenvalue weighted by Gasteiger charge is 2.41. The fourth-order valence-corrected chi connectivity index (χ4v) is 2.23. The van der Waals surface area contributed by atoms with Gasteiger partial charge >= 0.3 is 11.9 Å². The Morgan fingerprint density at radius 1 is 1.00 bits per heavy atom. The summed E-state index contributed by atoms with van der Waals surface area (Å²) < 4.78 is 9.58. The molecular weight excluding hydrogens is 236 g/mol. The number of ketones is 1. The Labute approximate surface area is 107 Å². The molecule has 1 aliphatic rings. The molecule has 0 amide bonds. The van der Waals surface area contributed by atoms with Crippen molar-refractivity contribution in [1.82, 2.24) is 0 Å². The molecule has 0 aliphatic heterocycles. The van der Waals surface area contributed by atoms with Crippen LogP contribution in [0.4, 0.5) is 0 Å². The van der Waals surface area contributed by atoms with Gasteiger partial charge in [0, 0.05) is 5.92 Å². The molecule has 102 valence electrons. The van der Waals surface area contributed by atoms with Crippen molar-refractivity contribution in [3.8, 4) is 0 Å². The van der Waals surface area contributed by atoms with Gasteiger partial charge in [-0.2, -0.15) is 0 Å². The molecule has 0 aromatic rings. The van der Waals surface area contributed by atoms with Crippen LogP contribution in [0.3, 0.4) is 0 Å². The van der Waals surface area contributed by atoms with Crippen LogP contribution in [0.15, 0.2) is 0 Å². The number of carbonyl (C=O) groups excluding carboxylic acids is 3. The maximum Gasteiger partial charge on any atom is 0.328 e. The molecule has 1 saturated carbocycles. The van der Waals surface area contributed by atoms with Crippen molar-refractivity contribution in [3.63, 3.8) is 0 Å². The lowest BCUT2D eigenvalue weighted by Crippen LogP contribution is -2.37. The van der Waals surface area contributed by atoms with Crippen LogP contribution in [0, 0.1) is 11.8 Å². The van der Waals surface area contributed by atoms with E-state index in [1.54, 1.807) is 13.8 Å². The number of Topliss-reactive ketones (excluding diaryl/α,β-unsaturated/α-hetero) is 1. The topological polar surface area (TPSA) is 69.7 Å². The Kier molecular flexibility index (Phi) is 5.82. The largest absolute Gasteiger partial charge is 0.465 e. The molecule has 1 aliphatic carbocycles. The molecule has 0 unspecified atom stereocenters. The molecule has 5 nitrogen and oxygen atoms in total. The fraction of sp³-hybridized carbons (Fsp3) is 0.769. The third-order valence-electron chi connectivity index (χ3n) is 3.09. The van der Waals surface area contributed by atoms with Crippen LogP contribution in [0.25, 0.3) is 0 Å². The van der Waals surface area contributed by atoms with E-state index in [2.05, 4.69) is 0 Å². The first-order valence-electron chi connectivity index (χ1n) is 6.48. The summed E-state index contributed by atoms with van der Waals surface area (Å²) in [6.07, 6.45) is 3.42. The van der Waals surface area contributed by atoms with Crippen LogP contribution in [0.5, 0.6) is 0 Å². The standard InChI is InChI=1S/C13H20O5/c1-3-17-12(15)10(13(16)18-4-2)11(14)9-7-5-6-8-9/h9-10H,3-8H2,1-2H3. The Morgan fingerprint density at radius 2 is 1.44 bits per heavy atom. The first-order chi connectivity index (χ1) is 8.61. The van der Waals surface area contributed by atoms with Crippen LogP contribution in [-0.2, 0) is 23.9 Å². The van der Waals surface area contributed by atoms with Gasteiger partial charge in [0.15, 0.2) is 5.78 Å². The van der Waals surface area contributed by atoms with Crippen molar-refractivity contribution in [3.05, 3.63) is 0 Å². The Balaban J connectivity index is 2.78. The van der Waals surface area contributed by atoms with E-state index in [1.807, 2.05) is 0 Å². The molecule has 0 aromatic heterocycles. The number of carbonyl (C=O) groups is 3. The van der Waals surface area contributed by atoms with Gasteiger partial charge in [-0.1, -0.05) is 12.8 Å². The molecule has 0 heterocycles. The zero-order valence-corrected chi connectivity index (χ0v) is 10.9. The average molecular weight is 256 g/mol. The summed E-state index contributed by atoms with van der Waals surface area (Å²) in [6.45, 7) is 3.57. The van der Waals surface area contributed by atoms with Gasteiger partial charge in [0.1, 0.15) is 0 Å². The zero-order valence-electron chi connectivity index (χ0n) is 10.9. The van der Waals surface area contributed by atoms with E-state index in [-0.39, 0.29) is 24.9 Å². The van der Waals surface area contributed by atoms with Crippen LogP contribution in [-0.4, -0.2) is 30.9 Å². The van der Waals surface area contributed by atoms with Gasteiger partial charge in [-0.3, -0.25) is 14.4 Å². The van der Waals surface area contributed by atoms with E-state index in [0.717, 1.165) is 25.7 Å². The number of ether oxygens (including phenoxy) is 2. The highest BCUT2D eigenvalue weighted by atomic mass is 16.6. The van der Waals surface area contributed by atoms with Crippen molar-refractivity contribution in [2.75, 3.05) is 13.2 Å². The molecule has 0 bridgehead atoms. The van der Waals surface area contributed by atoms with Gasteiger partial charge in [0.25, 0.3) is 0 Å². The molecule has 0 saturated heterocycles. The SMILES string of the molecule is CCOC(=O)C(C(=O)OCC)C(=O)C1CCCC1. The van der Waals surface area contributed by atoms with Gasteiger partial charge in [-0.05, 0) is 26.7 Å². The summed E-state index contributed by atoms with van der Waals surface area (Å²) in [5.41, 5.74) is 0. The molecule has 0 spiro atoms. The minimum absolute atomic E-state index is 0.146. The fourth-order valence-electron chi connectivity index (χ4n) is 2.23. The van der Waals surface area contributed by atoms with E-state index in [4.69, 9.17) is 9.47 Å². The Hall–Kier alpha value is -1.39. The number of hydrogen-bond donors (Lipinski definition) is 0. The second kappa shape index (κ2) is 7.13. The zero-order chi connectivity index (χ0) is 13.5. The maximum atomic E-state index is 12.2. The molecule has 1 fully saturated rings. The monoisotopic (exact) mass is 256 g/mol. The lowest BCUT2D eigenvalue weighted by Gasteiger charge is -2.16. The van der Waals surface area contributed by atoms with Crippen molar-refractivity contribution in [2.24, 2.45) is 11.8 Å². The lowest BCUT2D eigenvalue weighted by molar-refractivity contribution is -0.164. The van der Waals surface area contributed by atoms with E-state index in [0.29, 0.717) is 0 Å². The quantitative estimate of drug-likeness (QED) is 0.532. The molecule has 5 heteroatoms. The minimum atomic E-state index is -1.40. The highest BCUT2D eigenvalue weighted by Crippen LogP contribution is 2.28. The summed E-state index contributed by atoms with van der Waals surface area (Å²) in [5.74, 6) is -3.51. The van der Waals surface area contributed by atoms with Crippen molar-refractivity contribution in [1.29, 1.82) is 0 Å². The summed E-state index contributed by atoms with van der Waals surface area (Å²) in [6, 6.07) is 0. The average Bonchev–Trinajstić information content (AvgIpc) is 2.83. The normalized spacial score (nSPS) is 15.7. The van der Waals surface area contributed by atoms with E-state index >= 15 is 0 Å². The summed E-state index contributed by atoms with van der Waals surface area (Å²) >= 11 is 0. The van der Waals surface area contributed by atoms with Crippen molar-refractivity contribution in [2.45, 2.75) is 39.5 Å². The first-order valence-corrected chi connectivity index (χ1v) is 6.48. The third-order valence-corrected chi connectivity index (χ3v) is 3.09. The molecule has 0 aromatic carbocycles. The second-order valence-electron chi connectivity index (χ2n) is 4.32. The maximum absolute atomic E-state index is 12.2.